The second-order valence-corrected chi connectivity index (χ2v) is 7.44. The van der Waals surface area contributed by atoms with Gasteiger partial charge in [0.2, 0.25) is 5.91 Å². The van der Waals surface area contributed by atoms with Gasteiger partial charge < -0.3 is 10.6 Å². The lowest BCUT2D eigenvalue weighted by molar-refractivity contribution is -0.134. The Bertz CT molecular complexity index is 693. The minimum absolute atomic E-state index is 0.250. The van der Waals surface area contributed by atoms with Crippen LogP contribution in [-0.2, 0) is 9.59 Å². The fourth-order valence-corrected chi connectivity index (χ4v) is 3.79. The molecule has 6 nitrogen and oxygen atoms in total. The number of benzene rings is 1. The predicted molar refractivity (Wildman–Crippen MR) is 99.8 cm³/mol. The van der Waals surface area contributed by atoms with Gasteiger partial charge in [-0.1, -0.05) is 45.2 Å². The highest BCUT2D eigenvalue weighted by Gasteiger charge is 2.51. The summed E-state index contributed by atoms with van der Waals surface area (Å²) in [5, 5.41) is 5.59. The van der Waals surface area contributed by atoms with Gasteiger partial charge in [-0.05, 0) is 42.9 Å². The van der Waals surface area contributed by atoms with Crippen molar-refractivity contribution in [3.63, 3.8) is 0 Å². The lowest BCUT2D eigenvalue weighted by atomic mass is 9.82. The Hall–Kier alpha value is -2.37. The predicted octanol–water partition coefficient (Wildman–Crippen LogP) is 3.39. The van der Waals surface area contributed by atoms with Gasteiger partial charge in [0.15, 0.2) is 0 Å². The summed E-state index contributed by atoms with van der Waals surface area (Å²) in [7, 11) is 0. The Morgan fingerprint density at radius 2 is 1.85 bits per heavy atom. The third-order valence-corrected chi connectivity index (χ3v) is 5.63. The fraction of sp³-hybridized carbons (Fsp3) is 0.550. The largest absolute Gasteiger partial charge is 0.325 e. The molecule has 1 atom stereocenters. The highest BCUT2D eigenvalue weighted by molar-refractivity contribution is 6.10. The summed E-state index contributed by atoms with van der Waals surface area (Å²) in [6, 6.07) is 7.24. The average Bonchev–Trinajstić information content (AvgIpc) is 2.86. The van der Waals surface area contributed by atoms with Crippen LogP contribution in [0.25, 0.3) is 0 Å². The van der Waals surface area contributed by atoms with Crippen molar-refractivity contribution in [2.75, 3.05) is 11.9 Å². The topological polar surface area (TPSA) is 78.5 Å². The number of carbonyl (C=O) groups is 3. The van der Waals surface area contributed by atoms with Gasteiger partial charge in [0.25, 0.3) is 5.91 Å². The molecule has 0 unspecified atom stereocenters. The first-order valence-corrected chi connectivity index (χ1v) is 9.49. The molecular weight excluding hydrogens is 330 g/mol. The summed E-state index contributed by atoms with van der Waals surface area (Å²) < 4.78 is 0. The molecule has 2 N–H and O–H groups in total. The molecule has 140 valence electrons. The first-order valence-electron chi connectivity index (χ1n) is 9.49. The molecule has 0 radical (unpaired) electrons. The fourth-order valence-electron chi connectivity index (χ4n) is 3.79. The third kappa shape index (κ3) is 3.59. The summed E-state index contributed by atoms with van der Waals surface area (Å²) in [6.45, 7) is 4.04. The maximum absolute atomic E-state index is 12.7. The van der Waals surface area contributed by atoms with E-state index >= 15 is 0 Å². The first-order chi connectivity index (χ1) is 12.4. The van der Waals surface area contributed by atoms with Crippen LogP contribution >= 0.6 is 0 Å². The molecule has 1 aliphatic heterocycles. The van der Waals surface area contributed by atoms with Crippen LogP contribution in [0, 0.1) is 0 Å². The molecule has 1 aromatic rings. The molecule has 1 aliphatic carbocycles. The standard InChI is InChI=1S/C20H27N3O3/c1-3-14(2)15-7-9-16(10-8-15)21-17(24)13-23-18(25)20(22-19(23)26)11-5-4-6-12-20/h7-10,14H,3-6,11-13H2,1-2H3,(H,21,24)(H,22,26)/t14-/m1/s1. The summed E-state index contributed by atoms with van der Waals surface area (Å²) in [5.41, 5.74) is 1.11. The van der Waals surface area contributed by atoms with Crippen molar-refractivity contribution < 1.29 is 14.4 Å². The molecule has 0 aromatic heterocycles. The normalized spacial score (nSPS) is 20.2. The van der Waals surface area contributed by atoms with Gasteiger partial charge >= 0.3 is 6.03 Å². The van der Waals surface area contributed by atoms with Crippen molar-refractivity contribution in [3.8, 4) is 0 Å². The number of anilines is 1. The van der Waals surface area contributed by atoms with Crippen LogP contribution in [0.5, 0.6) is 0 Å². The summed E-state index contributed by atoms with van der Waals surface area (Å²) >= 11 is 0. The molecule has 4 amide bonds. The number of urea groups is 1. The number of imide groups is 1. The zero-order chi connectivity index (χ0) is 18.7. The van der Waals surface area contributed by atoms with Crippen LogP contribution in [0.2, 0.25) is 0 Å². The van der Waals surface area contributed by atoms with Crippen molar-refractivity contribution in [3.05, 3.63) is 29.8 Å². The van der Waals surface area contributed by atoms with E-state index in [2.05, 4.69) is 24.5 Å². The van der Waals surface area contributed by atoms with Gasteiger partial charge in [-0.3, -0.25) is 14.5 Å². The Labute approximate surface area is 154 Å². The number of hydrogen-bond acceptors (Lipinski definition) is 3. The van der Waals surface area contributed by atoms with Crippen molar-refractivity contribution >= 4 is 23.5 Å². The van der Waals surface area contributed by atoms with E-state index in [9.17, 15) is 14.4 Å². The Kier molecular flexibility index (Phi) is 5.30. The molecule has 0 bridgehead atoms. The van der Waals surface area contributed by atoms with Crippen LogP contribution in [-0.4, -0.2) is 34.8 Å². The number of amides is 4. The zero-order valence-corrected chi connectivity index (χ0v) is 15.5. The second-order valence-electron chi connectivity index (χ2n) is 7.44. The number of rotatable bonds is 5. The van der Waals surface area contributed by atoms with E-state index in [0.29, 0.717) is 24.4 Å². The lowest BCUT2D eigenvalue weighted by Crippen LogP contribution is -2.48. The van der Waals surface area contributed by atoms with E-state index in [1.165, 1.54) is 5.56 Å². The smallest absolute Gasteiger partial charge is 0.325 e. The van der Waals surface area contributed by atoms with E-state index in [1.807, 2.05) is 24.3 Å². The van der Waals surface area contributed by atoms with Crippen LogP contribution in [0.4, 0.5) is 10.5 Å². The second kappa shape index (κ2) is 7.48. The van der Waals surface area contributed by atoms with Gasteiger partial charge in [-0.15, -0.1) is 0 Å². The maximum Gasteiger partial charge on any atom is 0.325 e. The Morgan fingerprint density at radius 3 is 2.46 bits per heavy atom. The third-order valence-electron chi connectivity index (χ3n) is 5.63. The number of nitrogens with zero attached hydrogens (tertiary/aromatic N) is 1. The molecule has 1 saturated heterocycles. The molecule has 2 fully saturated rings. The molecule has 6 heteroatoms. The van der Waals surface area contributed by atoms with E-state index in [1.54, 1.807) is 0 Å². The molecule has 3 rings (SSSR count). The summed E-state index contributed by atoms with van der Waals surface area (Å²) in [4.78, 5) is 38.3. The van der Waals surface area contributed by atoms with Gasteiger partial charge in [-0.25, -0.2) is 4.79 Å². The molecule has 1 aromatic carbocycles. The van der Waals surface area contributed by atoms with Gasteiger partial charge in [-0.2, -0.15) is 0 Å². The molecule has 2 aliphatic rings. The van der Waals surface area contributed by atoms with Crippen LogP contribution in [0.1, 0.15) is 63.9 Å². The van der Waals surface area contributed by atoms with Crippen LogP contribution in [0.15, 0.2) is 24.3 Å². The molecule has 1 heterocycles. The molecular formula is C20H27N3O3. The van der Waals surface area contributed by atoms with Crippen molar-refractivity contribution in [1.29, 1.82) is 0 Å². The minimum atomic E-state index is -0.784. The lowest BCUT2D eigenvalue weighted by Gasteiger charge is -2.30. The highest BCUT2D eigenvalue weighted by Crippen LogP contribution is 2.33. The number of carbonyl (C=O) groups excluding carboxylic acids is 3. The van der Waals surface area contributed by atoms with E-state index in [0.717, 1.165) is 30.6 Å². The van der Waals surface area contributed by atoms with E-state index in [4.69, 9.17) is 0 Å². The molecule has 1 saturated carbocycles. The number of nitrogens with one attached hydrogen (secondary N) is 2. The first kappa shape index (κ1) is 18.4. The summed E-state index contributed by atoms with van der Waals surface area (Å²) in [5.74, 6) is -0.153. The van der Waals surface area contributed by atoms with Crippen molar-refractivity contribution in [2.24, 2.45) is 0 Å². The van der Waals surface area contributed by atoms with Crippen molar-refractivity contribution in [1.82, 2.24) is 10.2 Å². The van der Waals surface area contributed by atoms with E-state index < -0.39 is 11.6 Å². The SMILES string of the molecule is CC[C@@H](C)c1ccc(NC(=O)CN2C(=O)NC3(CCCCC3)C2=O)cc1. The molecule has 26 heavy (non-hydrogen) atoms. The van der Waals surface area contributed by atoms with Gasteiger partial charge in [0.1, 0.15) is 12.1 Å². The maximum atomic E-state index is 12.7. The molecule has 1 spiro atoms. The number of hydrogen-bond donors (Lipinski definition) is 2. The van der Waals surface area contributed by atoms with E-state index in [-0.39, 0.29) is 18.4 Å². The quantitative estimate of drug-likeness (QED) is 0.793. The highest BCUT2D eigenvalue weighted by atomic mass is 16.2. The summed E-state index contributed by atoms with van der Waals surface area (Å²) in [6.07, 6.45) is 5.31. The van der Waals surface area contributed by atoms with Crippen LogP contribution < -0.4 is 10.6 Å². The minimum Gasteiger partial charge on any atom is -0.325 e. The monoisotopic (exact) mass is 357 g/mol. The van der Waals surface area contributed by atoms with Crippen LogP contribution in [0.3, 0.4) is 0 Å². The Balaban J connectivity index is 1.61. The Morgan fingerprint density at radius 1 is 1.19 bits per heavy atom. The van der Waals surface area contributed by atoms with Crippen molar-refractivity contribution in [2.45, 2.75) is 63.8 Å². The van der Waals surface area contributed by atoms with Gasteiger partial charge in [0, 0.05) is 5.69 Å². The average molecular weight is 357 g/mol. The zero-order valence-electron chi connectivity index (χ0n) is 15.5. The van der Waals surface area contributed by atoms with Gasteiger partial charge in [0.05, 0.1) is 0 Å².